The van der Waals surface area contributed by atoms with Gasteiger partial charge >= 0.3 is 0 Å². The van der Waals surface area contributed by atoms with Gasteiger partial charge in [0, 0.05) is 17.1 Å². The molecule has 11 aromatic carbocycles. The van der Waals surface area contributed by atoms with Crippen molar-refractivity contribution in [3.8, 4) is 89.0 Å². The number of nitrogens with zero attached hydrogens (tertiary/aromatic N) is 1. The van der Waals surface area contributed by atoms with E-state index in [1.807, 2.05) is 12.3 Å². The number of hydrogen-bond acceptors (Lipinski definition) is 1. The lowest BCUT2D eigenvalue weighted by atomic mass is 9.78. The molecule has 0 bridgehead atoms. The second kappa shape index (κ2) is 16.8. The number of aromatic nitrogens is 1. The van der Waals surface area contributed by atoms with Crippen molar-refractivity contribution in [1.82, 2.24) is 4.98 Å². The minimum atomic E-state index is 1.02. The predicted molar refractivity (Wildman–Crippen MR) is 280 cm³/mol. The monoisotopic (exact) mass is 837 g/mol. The third-order valence-corrected chi connectivity index (χ3v) is 13.1. The lowest BCUT2D eigenvalue weighted by Gasteiger charge is -2.24. The van der Waals surface area contributed by atoms with Crippen LogP contribution >= 0.6 is 0 Å². The zero-order valence-electron chi connectivity index (χ0n) is 36.3. The van der Waals surface area contributed by atoms with Gasteiger partial charge < -0.3 is 0 Å². The molecule has 0 radical (unpaired) electrons. The molecule has 0 N–H and O–H groups in total. The van der Waals surface area contributed by atoms with Crippen LogP contribution in [0.5, 0.6) is 0 Å². The van der Waals surface area contributed by atoms with Gasteiger partial charge in [0.15, 0.2) is 0 Å². The highest BCUT2D eigenvalue weighted by Crippen LogP contribution is 2.51. The average Bonchev–Trinajstić information content (AvgIpc) is 3.40. The molecule has 66 heavy (non-hydrogen) atoms. The maximum atomic E-state index is 4.91. The quantitative estimate of drug-likeness (QED) is 0.139. The van der Waals surface area contributed by atoms with E-state index in [0.717, 1.165) is 27.6 Å². The molecule has 12 aromatic rings. The molecule has 0 amide bonds. The van der Waals surface area contributed by atoms with Gasteiger partial charge in [0.2, 0.25) is 0 Å². The topological polar surface area (TPSA) is 12.9 Å². The fourth-order valence-corrected chi connectivity index (χ4v) is 10.2. The van der Waals surface area contributed by atoms with Gasteiger partial charge in [-0.2, -0.15) is 0 Å². The predicted octanol–water partition coefficient (Wildman–Crippen LogP) is 17.9. The Morgan fingerprint density at radius 3 is 1.17 bits per heavy atom. The van der Waals surface area contributed by atoms with Crippen LogP contribution in [0.1, 0.15) is 0 Å². The molecule has 12 rings (SSSR count). The zero-order valence-corrected chi connectivity index (χ0v) is 36.3. The van der Waals surface area contributed by atoms with Crippen LogP contribution in [0, 0.1) is 0 Å². The Balaban J connectivity index is 1.08. The van der Waals surface area contributed by atoms with E-state index in [1.165, 1.54) is 93.9 Å². The zero-order chi connectivity index (χ0) is 43.8. The normalized spacial score (nSPS) is 11.3. The van der Waals surface area contributed by atoms with E-state index >= 15 is 0 Å². The van der Waals surface area contributed by atoms with Crippen LogP contribution in [0.25, 0.3) is 121 Å². The average molecular weight is 838 g/mol. The van der Waals surface area contributed by atoms with Crippen molar-refractivity contribution in [1.29, 1.82) is 0 Å². The van der Waals surface area contributed by atoms with Gasteiger partial charge in [-0.1, -0.05) is 231 Å². The second-order valence-electron chi connectivity index (χ2n) is 16.9. The first kappa shape index (κ1) is 39.0. The maximum Gasteiger partial charge on any atom is 0.0780 e. The molecule has 1 aromatic heterocycles. The first-order valence-corrected chi connectivity index (χ1v) is 22.7. The SMILES string of the molecule is c1ccc(-c2cc(-c3cccc(-c4cccc(-c5c6ccccc6c(-c6cccc7cccnc67)c6ccccc56)c4)c3)c(-c3ccccc3)c(-c3ccccc3)c2-c2ccccc2)cc1. The van der Waals surface area contributed by atoms with E-state index < -0.39 is 0 Å². The van der Waals surface area contributed by atoms with Crippen molar-refractivity contribution in [2.24, 2.45) is 0 Å². The Labute approximate surface area is 385 Å². The van der Waals surface area contributed by atoms with Gasteiger partial charge in [-0.3, -0.25) is 4.98 Å². The van der Waals surface area contributed by atoms with Crippen molar-refractivity contribution in [3.05, 3.63) is 261 Å². The number of benzene rings is 11. The molecular formula is C65H43N. The standard InChI is InChI=1S/C65H43N/c1-5-21-44(22-6-1)58-43-59(62(46-25-9-3-10-26-46)63(47-27-11-4-12-28-47)61(58)45-23-7-2-8-24-45)51-32-17-30-49(41-51)50-31-18-33-52(42-50)60-53-35-13-15-37-55(53)64(56-38-16-14-36-54(56)60)57-39-19-29-48-34-20-40-66-65(48)57/h1-43H. The summed E-state index contributed by atoms with van der Waals surface area (Å²) < 4.78 is 0. The highest BCUT2D eigenvalue weighted by atomic mass is 14.6. The van der Waals surface area contributed by atoms with Crippen molar-refractivity contribution < 1.29 is 0 Å². The number of fused-ring (bicyclic) bond motifs is 3. The van der Waals surface area contributed by atoms with Crippen LogP contribution in [0.15, 0.2) is 261 Å². The van der Waals surface area contributed by atoms with Gasteiger partial charge in [-0.25, -0.2) is 0 Å². The first-order chi connectivity index (χ1) is 32.8. The molecule has 0 fully saturated rings. The van der Waals surface area contributed by atoms with Crippen molar-refractivity contribution in [2.45, 2.75) is 0 Å². The Hall–Kier alpha value is -8.65. The van der Waals surface area contributed by atoms with E-state index in [4.69, 9.17) is 4.98 Å². The molecule has 1 heteroatoms. The summed E-state index contributed by atoms with van der Waals surface area (Å²) >= 11 is 0. The smallest absolute Gasteiger partial charge is 0.0780 e. The van der Waals surface area contributed by atoms with Crippen molar-refractivity contribution in [2.75, 3.05) is 0 Å². The summed E-state index contributed by atoms with van der Waals surface area (Å²) in [6, 6.07) is 92.8. The molecule has 1 heterocycles. The number of hydrogen-bond donors (Lipinski definition) is 0. The molecule has 0 unspecified atom stereocenters. The summed E-state index contributed by atoms with van der Waals surface area (Å²) in [5.74, 6) is 0. The number of rotatable bonds is 8. The lowest BCUT2D eigenvalue weighted by Crippen LogP contribution is -1.98. The fraction of sp³-hybridized carbons (Fsp3) is 0. The molecule has 0 aliphatic carbocycles. The van der Waals surface area contributed by atoms with Crippen LogP contribution in [-0.2, 0) is 0 Å². The van der Waals surface area contributed by atoms with Gasteiger partial charge in [-0.05, 0) is 129 Å². The molecule has 0 saturated carbocycles. The van der Waals surface area contributed by atoms with Gasteiger partial charge in [0.1, 0.15) is 0 Å². The molecular weight excluding hydrogens is 795 g/mol. The van der Waals surface area contributed by atoms with E-state index in [-0.39, 0.29) is 0 Å². The summed E-state index contributed by atoms with van der Waals surface area (Å²) in [6.07, 6.45) is 1.90. The van der Waals surface area contributed by atoms with Crippen LogP contribution in [0.2, 0.25) is 0 Å². The van der Waals surface area contributed by atoms with Gasteiger partial charge in [0.25, 0.3) is 0 Å². The number of para-hydroxylation sites is 1. The lowest BCUT2D eigenvalue weighted by molar-refractivity contribution is 1.41. The van der Waals surface area contributed by atoms with Crippen molar-refractivity contribution >= 4 is 32.4 Å². The van der Waals surface area contributed by atoms with E-state index in [2.05, 4.69) is 249 Å². The van der Waals surface area contributed by atoms with Crippen LogP contribution in [0.4, 0.5) is 0 Å². The highest BCUT2D eigenvalue weighted by molar-refractivity contribution is 6.23. The Bertz CT molecular complexity index is 3660. The summed E-state index contributed by atoms with van der Waals surface area (Å²) in [5, 5.41) is 6.01. The third-order valence-electron chi connectivity index (χ3n) is 13.1. The van der Waals surface area contributed by atoms with E-state index in [9.17, 15) is 0 Å². The summed E-state index contributed by atoms with van der Waals surface area (Å²) in [7, 11) is 0. The first-order valence-electron chi connectivity index (χ1n) is 22.7. The molecule has 0 aliphatic rings. The second-order valence-corrected chi connectivity index (χ2v) is 16.9. The van der Waals surface area contributed by atoms with Crippen molar-refractivity contribution in [3.63, 3.8) is 0 Å². The van der Waals surface area contributed by atoms with Crippen LogP contribution in [0.3, 0.4) is 0 Å². The molecule has 308 valence electrons. The van der Waals surface area contributed by atoms with Crippen LogP contribution in [-0.4, -0.2) is 4.98 Å². The van der Waals surface area contributed by atoms with Crippen LogP contribution < -0.4 is 0 Å². The third kappa shape index (κ3) is 6.86. The Kier molecular flexibility index (Phi) is 9.93. The molecule has 0 saturated heterocycles. The van der Waals surface area contributed by atoms with Gasteiger partial charge in [0.05, 0.1) is 5.52 Å². The summed E-state index contributed by atoms with van der Waals surface area (Å²) in [4.78, 5) is 4.91. The Morgan fingerprint density at radius 1 is 0.212 bits per heavy atom. The maximum absolute atomic E-state index is 4.91. The minimum absolute atomic E-state index is 1.02. The number of pyridine rings is 1. The molecule has 1 nitrogen and oxygen atoms in total. The molecule has 0 spiro atoms. The largest absolute Gasteiger partial charge is 0.256 e. The fourth-order valence-electron chi connectivity index (χ4n) is 10.2. The van der Waals surface area contributed by atoms with E-state index in [1.54, 1.807) is 0 Å². The van der Waals surface area contributed by atoms with Gasteiger partial charge in [-0.15, -0.1) is 0 Å². The summed E-state index contributed by atoms with van der Waals surface area (Å²) in [6.45, 7) is 0. The minimum Gasteiger partial charge on any atom is -0.256 e. The molecule has 0 atom stereocenters. The highest BCUT2D eigenvalue weighted by Gasteiger charge is 2.24. The summed E-state index contributed by atoms with van der Waals surface area (Å²) in [5.41, 5.74) is 20.1. The molecule has 0 aliphatic heterocycles. The van der Waals surface area contributed by atoms with E-state index in [0.29, 0.717) is 0 Å². The Morgan fingerprint density at radius 2 is 0.606 bits per heavy atom.